The average Bonchev–Trinajstić information content (AvgIpc) is 3.13. The van der Waals surface area contributed by atoms with Gasteiger partial charge in [-0.15, -0.1) is 0 Å². The van der Waals surface area contributed by atoms with E-state index in [1.54, 1.807) is 0 Å². The Kier molecular flexibility index (Phi) is 2.24. The van der Waals surface area contributed by atoms with Crippen molar-refractivity contribution < 1.29 is 4.79 Å². The van der Waals surface area contributed by atoms with Crippen molar-refractivity contribution in [2.75, 3.05) is 0 Å². The van der Waals surface area contributed by atoms with E-state index in [0.717, 1.165) is 17.8 Å². The van der Waals surface area contributed by atoms with Crippen molar-refractivity contribution in [2.45, 2.75) is 25.2 Å². The summed E-state index contributed by atoms with van der Waals surface area (Å²) in [6, 6.07) is 13.0. The van der Waals surface area contributed by atoms with Crippen LogP contribution in [-0.2, 0) is 11.2 Å². The zero-order chi connectivity index (χ0) is 11.0. The zero-order valence-electron chi connectivity index (χ0n) is 9.15. The number of hydrogen-bond donors (Lipinski definition) is 0. The molecule has 1 aliphatic carbocycles. The number of hydrogen-bond acceptors (Lipinski definition) is 1. The number of carbonyl (C=O) groups excluding carboxylic acids is 1. The van der Waals surface area contributed by atoms with Crippen LogP contribution in [-0.4, -0.2) is 6.29 Å². The van der Waals surface area contributed by atoms with Crippen LogP contribution in [0, 0.1) is 0 Å². The highest BCUT2D eigenvalue weighted by Crippen LogP contribution is 2.40. The molecule has 16 heavy (non-hydrogen) atoms. The summed E-state index contributed by atoms with van der Waals surface area (Å²) in [5.41, 5.74) is 2.57. The van der Waals surface area contributed by atoms with Crippen LogP contribution in [0.4, 0.5) is 0 Å². The Hall–Kier alpha value is -1.63. The zero-order valence-corrected chi connectivity index (χ0v) is 9.15. The van der Waals surface area contributed by atoms with E-state index < -0.39 is 0 Å². The normalized spacial score (nSPS) is 15.2. The first kappa shape index (κ1) is 9.59. The minimum Gasteiger partial charge on any atom is -0.303 e. The van der Waals surface area contributed by atoms with Crippen molar-refractivity contribution in [3.8, 4) is 0 Å². The first-order valence-electron chi connectivity index (χ1n) is 5.83. The Morgan fingerprint density at radius 1 is 1.06 bits per heavy atom. The maximum absolute atomic E-state index is 10.5. The monoisotopic (exact) mass is 210 g/mol. The minimum atomic E-state index is 0.514. The summed E-state index contributed by atoms with van der Waals surface area (Å²) in [5.74, 6) is 0.805. The van der Waals surface area contributed by atoms with E-state index in [2.05, 4.69) is 30.3 Å². The summed E-state index contributed by atoms with van der Waals surface area (Å²) in [4.78, 5) is 10.5. The molecule has 0 spiro atoms. The molecule has 0 aromatic heterocycles. The number of fused-ring (bicyclic) bond motifs is 1. The molecule has 1 heteroatoms. The summed E-state index contributed by atoms with van der Waals surface area (Å²) in [6.45, 7) is 0. The van der Waals surface area contributed by atoms with Gasteiger partial charge in [0.05, 0.1) is 0 Å². The lowest BCUT2D eigenvalue weighted by atomic mass is 10.0. The lowest BCUT2D eigenvalue weighted by molar-refractivity contribution is -0.107. The van der Waals surface area contributed by atoms with E-state index in [1.165, 1.54) is 29.2 Å². The minimum absolute atomic E-state index is 0.514. The highest BCUT2D eigenvalue weighted by Gasteiger charge is 2.23. The van der Waals surface area contributed by atoms with Crippen LogP contribution in [0.15, 0.2) is 36.4 Å². The maximum Gasteiger partial charge on any atom is 0.124 e. The van der Waals surface area contributed by atoms with Crippen LogP contribution in [0.5, 0.6) is 0 Å². The lowest BCUT2D eigenvalue weighted by Crippen LogP contribution is -1.86. The van der Waals surface area contributed by atoms with Gasteiger partial charge in [-0.25, -0.2) is 0 Å². The van der Waals surface area contributed by atoms with Crippen molar-refractivity contribution >= 4 is 17.1 Å². The van der Waals surface area contributed by atoms with Gasteiger partial charge in [0.25, 0.3) is 0 Å². The average molecular weight is 210 g/mol. The molecule has 0 radical (unpaired) electrons. The van der Waals surface area contributed by atoms with Gasteiger partial charge in [0.15, 0.2) is 0 Å². The fourth-order valence-corrected chi connectivity index (χ4v) is 2.21. The van der Waals surface area contributed by atoms with E-state index in [1.807, 2.05) is 6.07 Å². The standard InChI is InChI=1S/C15H14O/c16-8-7-11-1-2-15-10-14(12-3-4-12)6-5-13(15)9-11/h1-2,5-6,8-10,12H,3-4,7H2. The van der Waals surface area contributed by atoms with Gasteiger partial charge in [0.1, 0.15) is 6.29 Å². The van der Waals surface area contributed by atoms with Crippen molar-refractivity contribution in [1.29, 1.82) is 0 Å². The second kappa shape index (κ2) is 3.75. The molecule has 0 unspecified atom stereocenters. The molecule has 3 rings (SSSR count). The molecule has 0 atom stereocenters. The fourth-order valence-electron chi connectivity index (χ4n) is 2.21. The molecule has 0 bridgehead atoms. The third-order valence-corrected chi connectivity index (χ3v) is 3.30. The molecule has 1 saturated carbocycles. The molecule has 2 aromatic rings. The molecule has 0 aliphatic heterocycles. The Labute approximate surface area is 95.1 Å². The van der Waals surface area contributed by atoms with Crippen molar-refractivity contribution in [3.63, 3.8) is 0 Å². The van der Waals surface area contributed by atoms with Gasteiger partial charge in [0.2, 0.25) is 0 Å². The predicted molar refractivity (Wildman–Crippen MR) is 65.7 cm³/mol. The van der Waals surface area contributed by atoms with Gasteiger partial charge in [-0.05, 0) is 40.7 Å². The second-order valence-corrected chi connectivity index (χ2v) is 4.59. The largest absolute Gasteiger partial charge is 0.303 e. The number of aldehydes is 1. The molecular formula is C15H14O. The molecule has 0 N–H and O–H groups in total. The Balaban J connectivity index is 2.05. The molecule has 80 valence electrons. The summed E-state index contributed by atoms with van der Waals surface area (Å²) in [6.07, 6.45) is 4.16. The molecular weight excluding hydrogens is 196 g/mol. The molecule has 0 heterocycles. The third-order valence-electron chi connectivity index (χ3n) is 3.30. The van der Waals surface area contributed by atoms with E-state index in [-0.39, 0.29) is 0 Å². The van der Waals surface area contributed by atoms with Gasteiger partial charge in [-0.3, -0.25) is 0 Å². The van der Waals surface area contributed by atoms with E-state index in [4.69, 9.17) is 0 Å². The van der Waals surface area contributed by atoms with Crippen LogP contribution >= 0.6 is 0 Å². The van der Waals surface area contributed by atoms with Gasteiger partial charge in [-0.1, -0.05) is 36.4 Å². The predicted octanol–water partition coefficient (Wildman–Crippen LogP) is 3.46. The van der Waals surface area contributed by atoms with Gasteiger partial charge in [0, 0.05) is 6.42 Å². The van der Waals surface area contributed by atoms with Crippen molar-refractivity contribution in [1.82, 2.24) is 0 Å². The first-order chi connectivity index (χ1) is 7.86. The topological polar surface area (TPSA) is 17.1 Å². The highest BCUT2D eigenvalue weighted by atomic mass is 16.1. The highest BCUT2D eigenvalue weighted by molar-refractivity contribution is 5.84. The van der Waals surface area contributed by atoms with Crippen LogP contribution in [0.3, 0.4) is 0 Å². The quantitative estimate of drug-likeness (QED) is 0.709. The molecule has 0 amide bonds. The number of carbonyl (C=O) groups is 1. The summed E-state index contributed by atoms with van der Waals surface area (Å²) < 4.78 is 0. The number of benzene rings is 2. The number of rotatable bonds is 3. The maximum atomic E-state index is 10.5. The third kappa shape index (κ3) is 1.73. The molecule has 2 aromatic carbocycles. The van der Waals surface area contributed by atoms with Crippen LogP contribution < -0.4 is 0 Å². The fraction of sp³-hybridized carbons (Fsp3) is 0.267. The van der Waals surface area contributed by atoms with E-state index in [0.29, 0.717) is 6.42 Å². The lowest BCUT2D eigenvalue weighted by Gasteiger charge is -2.03. The van der Waals surface area contributed by atoms with Gasteiger partial charge in [-0.2, -0.15) is 0 Å². The van der Waals surface area contributed by atoms with Gasteiger partial charge < -0.3 is 4.79 Å². The molecule has 1 nitrogen and oxygen atoms in total. The summed E-state index contributed by atoms with van der Waals surface area (Å²) in [5, 5.41) is 2.53. The van der Waals surface area contributed by atoms with Crippen LogP contribution in [0.2, 0.25) is 0 Å². The van der Waals surface area contributed by atoms with E-state index in [9.17, 15) is 4.79 Å². The Morgan fingerprint density at radius 3 is 2.56 bits per heavy atom. The Bertz CT molecular complexity index is 538. The molecule has 1 aliphatic rings. The summed E-state index contributed by atoms with van der Waals surface area (Å²) >= 11 is 0. The molecule has 1 fully saturated rings. The second-order valence-electron chi connectivity index (χ2n) is 4.59. The van der Waals surface area contributed by atoms with Gasteiger partial charge >= 0.3 is 0 Å². The first-order valence-corrected chi connectivity index (χ1v) is 5.83. The van der Waals surface area contributed by atoms with Crippen molar-refractivity contribution in [2.24, 2.45) is 0 Å². The SMILES string of the molecule is O=CCc1ccc2cc(C3CC3)ccc2c1. The van der Waals surface area contributed by atoms with E-state index >= 15 is 0 Å². The Morgan fingerprint density at radius 2 is 1.81 bits per heavy atom. The van der Waals surface area contributed by atoms with Crippen molar-refractivity contribution in [3.05, 3.63) is 47.5 Å². The molecule has 0 saturated heterocycles. The van der Waals surface area contributed by atoms with Crippen LogP contribution in [0.1, 0.15) is 29.9 Å². The smallest absolute Gasteiger partial charge is 0.124 e. The van der Waals surface area contributed by atoms with Crippen LogP contribution in [0.25, 0.3) is 10.8 Å². The summed E-state index contributed by atoms with van der Waals surface area (Å²) in [7, 11) is 0.